The van der Waals surface area contributed by atoms with E-state index in [-0.39, 0.29) is 24.9 Å². The Hall–Kier alpha value is -3.67. The average molecular weight is 535 g/mol. The average Bonchev–Trinajstić information content (AvgIpc) is 3.43. The second kappa shape index (κ2) is 9.82. The first-order valence-corrected chi connectivity index (χ1v) is 13.1. The van der Waals surface area contributed by atoms with Crippen LogP contribution in [0, 0.1) is 0 Å². The number of alkyl halides is 1. The molecule has 1 saturated heterocycles. The number of carbonyl (C=O) groups is 2. The van der Waals surface area contributed by atoms with Gasteiger partial charge in [0, 0.05) is 48.8 Å². The van der Waals surface area contributed by atoms with Gasteiger partial charge in [0.1, 0.15) is 11.7 Å². The largest absolute Gasteiger partial charge is 0.387 e. The number of hydrogen-bond acceptors (Lipinski definition) is 7. The second-order valence-corrected chi connectivity index (χ2v) is 10.9. The number of rotatable bonds is 7. The molecular formula is C28H31FN6O4. The fourth-order valence-electron chi connectivity index (χ4n) is 5.23. The topological polar surface area (TPSA) is 112 Å². The third-order valence-electron chi connectivity index (χ3n) is 7.76. The van der Waals surface area contributed by atoms with E-state index in [1.54, 1.807) is 18.5 Å². The van der Waals surface area contributed by atoms with Crippen LogP contribution in [0.2, 0.25) is 0 Å². The molecule has 39 heavy (non-hydrogen) atoms. The summed E-state index contributed by atoms with van der Waals surface area (Å²) >= 11 is 0. The van der Waals surface area contributed by atoms with Crippen LogP contribution in [0.5, 0.6) is 0 Å². The van der Waals surface area contributed by atoms with Gasteiger partial charge in [0.05, 0.1) is 37.6 Å². The Morgan fingerprint density at radius 2 is 2.13 bits per heavy atom. The number of hydrogen-bond donors (Lipinski definition) is 2. The molecule has 2 N–H and O–H groups in total. The molecule has 1 aromatic carbocycles. The maximum Gasteiger partial charge on any atom is 0.261 e. The lowest BCUT2D eigenvalue weighted by atomic mass is 9.93. The van der Waals surface area contributed by atoms with Crippen molar-refractivity contribution in [2.45, 2.75) is 44.6 Å². The molecule has 3 aliphatic rings. The minimum absolute atomic E-state index is 0.195. The van der Waals surface area contributed by atoms with Gasteiger partial charge in [-0.3, -0.25) is 14.5 Å². The number of nitrogens with one attached hydrogen (secondary N) is 1. The Morgan fingerprint density at radius 3 is 2.82 bits per heavy atom. The lowest BCUT2D eigenvalue weighted by Crippen LogP contribution is -2.50. The predicted molar refractivity (Wildman–Crippen MR) is 142 cm³/mol. The van der Waals surface area contributed by atoms with Crippen LogP contribution in [0.1, 0.15) is 52.1 Å². The van der Waals surface area contributed by atoms with Crippen LogP contribution >= 0.6 is 0 Å². The van der Waals surface area contributed by atoms with Crippen molar-refractivity contribution in [2.75, 3.05) is 38.2 Å². The molecule has 3 aromatic rings. The normalized spacial score (nSPS) is 19.1. The summed E-state index contributed by atoms with van der Waals surface area (Å²) in [6.45, 7) is 5.83. The maximum atomic E-state index is 14.7. The molecule has 0 radical (unpaired) electrons. The molecule has 0 bridgehead atoms. The highest BCUT2D eigenvalue weighted by molar-refractivity contribution is 6.10. The van der Waals surface area contributed by atoms with Gasteiger partial charge in [-0.05, 0) is 49.6 Å². The summed E-state index contributed by atoms with van der Waals surface area (Å²) in [7, 11) is 0. The molecule has 2 amide bonds. The standard InChI is InChI=1S/C28H31FN6O4/c1-28(2,38)24(29)14-34-13-18-10-23(32-26(36)22-12-31-35-7-3-6-30-25(22)35)20(11-21(18)27(34)37)17-4-8-33(9-5-17)19-15-39-16-19/h3-4,6-7,10-12,19,24,38H,5,8-9,13-16H2,1-2H3,(H,32,36)/t24-/m1/s1. The molecule has 0 saturated carbocycles. The van der Waals surface area contributed by atoms with Crippen molar-refractivity contribution in [2.24, 2.45) is 0 Å². The third-order valence-corrected chi connectivity index (χ3v) is 7.76. The molecule has 11 heteroatoms. The van der Waals surface area contributed by atoms with Crippen LogP contribution in [0.3, 0.4) is 0 Å². The number of halogens is 1. The summed E-state index contributed by atoms with van der Waals surface area (Å²) in [5.41, 5.74) is 2.78. The molecule has 2 aromatic heterocycles. The Bertz CT molecular complexity index is 1470. The number of fused-ring (bicyclic) bond motifs is 2. The summed E-state index contributed by atoms with van der Waals surface area (Å²) in [5, 5.41) is 17.3. The quantitative estimate of drug-likeness (QED) is 0.479. The minimum atomic E-state index is -1.60. The number of amides is 2. The molecule has 3 aliphatic heterocycles. The Labute approximate surface area is 225 Å². The SMILES string of the molecule is CC(C)(O)[C@H](F)CN1Cc2cc(NC(=O)c3cnn4cccnc34)c(C3=CCN(C4COC4)CC3)cc2C1=O. The van der Waals surface area contributed by atoms with Gasteiger partial charge in [-0.25, -0.2) is 13.9 Å². The highest BCUT2D eigenvalue weighted by Gasteiger charge is 2.36. The van der Waals surface area contributed by atoms with Gasteiger partial charge < -0.3 is 20.1 Å². The van der Waals surface area contributed by atoms with Crippen molar-refractivity contribution < 1.29 is 23.8 Å². The number of benzene rings is 1. The lowest BCUT2D eigenvalue weighted by Gasteiger charge is -2.39. The van der Waals surface area contributed by atoms with E-state index in [4.69, 9.17) is 4.74 Å². The van der Waals surface area contributed by atoms with Gasteiger partial charge in [0.25, 0.3) is 11.8 Å². The molecule has 204 valence electrons. The van der Waals surface area contributed by atoms with Crippen molar-refractivity contribution in [1.29, 1.82) is 0 Å². The zero-order valence-electron chi connectivity index (χ0n) is 21.9. The number of carbonyl (C=O) groups excluding carboxylic acids is 2. The zero-order chi connectivity index (χ0) is 27.3. The number of nitrogens with zero attached hydrogens (tertiary/aromatic N) is 5. The summed E-state index contributed by atoms with van der Waals surface area (Å²) in [5.74, 6) is -0.644. The van der Waals surface area contributed by atoms with E-state index in [0.717, 1.165) is 43.9 Å². The van der Waals surface area contributed by atoms with Crippen molar-refractivity contribution >= 4 is 28.7 Å². The van der Waals surface area contributed by atoms with E-state index in [1.165, 1.54) is 29.5 Å². The first kappa shape index (κ1) is 25.6. The molecular weight excluding hydrogens is 503 g/mol. The molecule has 0 aliphatic carbocycles. The molecule has 10 nitrogen and oxygen atoms in total. The maximum absolute atomic E-state index is 14.7. The van der Waals surface area contributed by atoms with Crippen LogP contribution < -0.4 is 5.32 Å². The predicted octanol–water partition coefficient (Wildman–Crippen LogP) is 2.53. The van der Waals surface area contributed by atoms with E-state index >= 15 is 0 Å². The smallest absolute Gasteiger partial charge is 0.261 e. The summed E-state index contributed by atoms with van der Waals surface area (Å²) in [6, 6.07) is 5.78. The van der Waals surface area contributed by atoms with Crippen molar-refractivity contribution in [1.82, 2.24) is 24.4 Å². The van der Waals surface area contributed by atoms with E-state index in [2.05, 4.69) is 26.4 Å². The monoisotopic (exact) mass is 534 g/mol. The fraction of sp³-hybridized carbons (Fsp3) is 0.429. The first-order chi connectivity index (χ1) is 18.7. The number of ether oxygens (including phenoxy) is 1. The fourth-order valence-corrected chi connectivity index (χ4v) is 5.23. The molecule has 0 spiro atoms. The van der Waals surface area contributed by atoms with Gasteiger partial charge in [-0.2, -0.15) is 5.10 Å². The van der Waals surface area contributed by atoms with Gasteiger partial charge >= 0.3 is 0 Å². The van der Waals surface area contributed by atoms with Gasteiger partial charge in [-0.15, -0.1) is 0 Å². The lowest BCUT2D eigenvalue weighted by molar-refractivity contribution is -0.0612. The molecule has 0 unspecified atom stereocenters. The highest BCUT2D eigenvalue weighted by atomic mass is 19.1. The molecule has 6 rings (SSSR count). The van der Waals surface area contributed by atoms with Gasteiger partial charge in [0.15, 0.2) is 5.65 Å². The van der Waals surface area contributed by atoms with Crippen LogP contribution in [0.25, 0.3) is 11.2 Å². The van der Waals surface area contributed by atoms with Crippen LogP contribution in [0.15, 0.2) is 42.9 Å². The summed E-state index contributed by atoms with van der Waals surface area (Å²) < 4.78 is 21.5. The summed E-state index contributed by atoms with van der Waals surface area (Å²) in [4.78, 5) is 34.7. The minimum Gasteiger partial charge on any atom is -0.387 e. The van der Waals surface area contributed by atoms with Crippen LogP contribution in [-0.2, 0) is 11.3 Å². The number of aliphatic hydroxyl groups is 1. The Kier molecular flexibility index (Phi) is 6.44. The zero-order valence-corrected chi connectivity index (χ0v) is 21.9. The number of anilines is 1. The van der Waals surface area contributed by atoms with Gasteiger partial charge in [0.2, 0.25) is 0 Å². The molecule has 1 atom stereocenters. The Balaban J connectivity index is 1.33. The van der Waals surface area contributed by atoms with Crippen molar-refractivity contribution in [3.05, 3.63) is 65.1 Å². The second-order valence-electron chi connectivity index (χ2n) is 10.9. The van der Waals surface area contributed by atoms with Crippen molar-refractivity contribution in [3.8, 4) is 0 Å². The van der Waals surface area contributed by atoms with E-state index in [0.29, 0.717) is 34.1 Å². The summed E-state index contributed by atoms with van der Waals surface area (Å²) in [6.07, 6.45) is 6.09. The van der Waals surface area contributed by atoms with E-state index in [9.17, 15) is 19.1 Å². The highest BCUT2D eigenvalue weighted by Crippen LogP contribution is 2.36. The van der Waals surface area contributed by atoms with Crippen molar-refractivity contribution in [3.63, 3.8) is 0 Å². The molecule has 5 heterocycles. The Morgan fingerprint density at radius 1 is 1.31 bits per heavy atom. The van der Waals surface area contributed by atoms with Crippen LogP contribution in [-0.4, -0.2) is 92.0 Å². The molecule has 1 fully saturated rings. The van der Waals surface area contributed by atoms with E-state index in [1.807, 2.05) is 12.1 Å². The van der Waals surface area contributed by atoms with Gasteiger partial charge in [-0.1, -0.05) is 6.08 Å². The van der Waals surface area contributed by atoms with Crippen LogP contribution in [0.4, 0.5) is 10.1 Å². The third kappa shape index (κ3) is 4.81. The first-order valence-electron chi connectivity index (χ1n) is 13.1. The number of aromatic nitrogens is 3. The van der Waals surface area contributed by atoms with E-state index < -0.39 is 11.8 Å².